The number of carboxylic acid groups (broad SMARTS) is 1. The van der Waals surface area contributed by atoms with E-state index in [1.165, 1.54) is 6.20 Å². The molecule has 19 heavy (non-hydrogen) atoms. The molecule has 1 fully saturated rings. The summed E-state index contributed by atoms with van der Waals surface area (Å²) < 4.78 is 5.64. The van der Waals surface area contributed by atoms with E-state index in [0.29, 0.717) is 11.7 Å². The fourth-order valence-electron chi connectivity index (χ4n) is 2.53. The largest absolute Gasteiger partial charge is 0.477 e. The highest BCUT2D eigenvalue weighted by Gasteiger charge is 2.39. The number of carboxylic acids is 1. The van der Waals surface area contributed by atoms with Crippen LogP contribution in [0.4, 0.5) is 5.82 Å². The molecular weight excluding hydrogens is 246 g/mol. The molecule has 1 aromatic rings. The predicted molar refractivity (Wildman–Crippen MR) is 69.7 cm³/mol. The number of carbonyl (C=O) groups is 1. The van der Waals surface area contributed by atoms with E-state index in [2.05, 4.69) is 16.9 Å². The average Bonchev–Trinajstić information content (AvgIpc) is 2.39. The Balaban J connectivity index is 2.34. The summed E-state index contributed by atoms with van der Waals surface area (Å²) in [4.78, 5) is 19.2. The van der Waals surface area contributed by atoms with E-state index in [4.69, 9.17) is 15.6 Å². The fraction of sp³-hybridized carbons (Fsp3) is 0.615. The quantitative estimate of drug-likeness (QED) is 0.864. The number of hydrogen-bond acceptors (Lipinski definition) is 5. The number of aromatic carboxylic acids is 1. The number of nitrogens with two attached hydrogens (primary N) is 1. The monoisotopic (exact) mass is 265 g/mol. The number of ether oxygens (including phenoxy) is 1. The molecule has 6 nitrogen and oxygen atoms in total. The lowest BCUT2D eigenvalue weighted by Gasteiger charge is -2.36. The third-order valence-corrected chi connectivity index (χ3v) is 3.93. The molecule has 1 saturated carbocycles. The predicted octanol–water partition coefficient (Wildman–Crippen LogP) is 1.81. The van der Waals surface area contributed by atoms with Gasteiger partial charge in [0, 0.05) is 13.3 Å². The van der Waals surface area contributed by atoms with E-state index in [1.54, 1.807) is 7.11 Å². The number of nitrogens with zero attached hydrogens (tertiary/aromatic N) is 2. The summed E-state index contributed by atoms with van der Waals surface area (Å²) in [5, 5.41) is 8.93. The van der Waals surface area contributed by atoms with Crippen molar-refractivity contribution in [1.82, 2.24) is 9.97 Å². The average molecular weight is 265 g/mol. The van der Waals surface area contributed by atoms with Gasteiger partial charge in [0.2, 0.25) is 0 Å². The second-order valence-corrected chi connectivity index (χ2v) is 5.18. The van der Waals surface area contributed by atoms with Crippen molar-refractivity contribution in [2.45, 2.75) is 38.2 Å². The van der Waals surface area contributed by atoms with Gasteiger partial charge in [-0.25, -0.2) is 14.8 Å². The van der Waals surface area contributed by atoms with E-state index in [-0.39, 0.29) is 11.4 Å². The van der Waals surface area contributed by atoms with Crippen molar-refractivity contribution >= 4 is 11.8 Å². The maximum Gasteiger partial charge on any atom is 0.341 e. The van der Waals surface area contributed by atoms with Crippen LogP contribution >= 0.6 is 0 Å². The third kappa shape index (κ3) is 2.53. The first-order chi connectivity index (χ1) is 8.98. The minimum absolute atomic E-state index is 0.00690. The molecule has 0 aromatic carbocycles. The summed E-state index contributed by atoms with van der Waals surface area (Å²) in [5.74, 6) is 0.0312. The van der Waals surface area contributed by atoms with Crippen LogP contribution in [0.15, 0.2) is 6.20 Å². The van der Waals surface area contributed by atoms with E-state index < -0.39 is 11.6 Å². The van der Waals surface area contributed by atoms with E-state index >= 15 is 0 Å². The van der Waals surface area contributed by atoms with Crippen LogP contribution in [-0.2, 0) is 10.3 Å². The highest BCUT2D eigenvalue weighted by molar-refractivity contribution is 5.92. The molecule has 3 N–H and O–H groups in total. The molecule has 1 aliphatic carbocycles. The summed E-state index contributed by atoms with van der Waals surface area (Å²) in [6.07, 6.45) is 5.00. The van der Waals surface area contributed by atoms with Gasteiger partial charge >= 0.3 is 5.97 Å². The van der Waals surface area contributed by atoms with Crippen molar-refractivity contribution in [3.8, 4) is 0 Å². The number of anilines is 1. The summed E-state index contributed by atoms with van der Waals surface area (Å²) in [7, 11) is 1.64. The first-order valence-electron chi connectivity index (χ1n) is 6.40. The van der Waals surface area contributed by atoms with Crippen molar-refractivity contribution < 1.29 is 14.6 Å². The lowest BCUT2D eigenvalue weighted by molar-refractivity contribution is -0.0596. The topological polar surface area (TPSA) is 98.3 Å². The number of aromatic nitrogens is 2. The molecule has 0 atom stereocenters. The molecule has 6 heteroatoms. The Labute approximate surface area is 112 Å². The summed E-state index contributed by atoms with van der Waals surface area (Å²) >= 11 is 0. The Bertz CT molecular complexity index is 482. The molecule has 0 unspecified atom stereocenters. The first-order valence-corrected chi connectivity index (χ1v) is 6.40. The second kappa shape index (κ2) is 5.13. The second-order valence-electron chi connectivity index (χ2n) is 5.18. The Kier molecular flexibility index (Phi) is 3.71. The van der Waals surface area contributed by atoms with E-state index in [1.807, 2.05) is 0 Å². The molecule has 0 spiro atoms. The van der Waals surface area contributed by atoms with Gasteiger partial charge in [0.05, 0.1) is 0 Å². The molecule has 0 radical (unpaired) electrons. The van der Waals surface area contributed by atoms with E-state index in [9.17, 15) is 4.79 Å². The van der Waals surface area contributed by atoms with Crippen LogP contribution in [0, 0.1) is 5.92 Å². The van der Waals surface area contributed by atoms with Crippen molar-refractivity contribution in [3.05, 3.63) is 17.6 Å². The van der Waals surface area contributed by atoms with Crippen molar-refractivity contribution in [2.24, 2.45) is 5.92 Å². The Hall–Kier alpha value is -1.69. The van der Waals surface area contributed by atoms with Crippen molar-refractivity contribution in [3.63, 3.8) is 0 Å². The summed E-state index contributed by atoms with van der Waals surface area (Å²) in [5.41, 5.74) is 5.08. The maximum atomic E-state index is 10.9. The number of methoxy groups -OCH3 is 1. The molecular formula is C13H19N3O3. The van der Waals surface area contributed by atoms with Crippen molar-refractivity contribution in [2.75, 3.05) is 12.8 Å². The van der Waals surface area contributed by atoms with Crippen LogP contribution in [0.25, 0.3) is 0 Å². The Morgan fingerprint density at radius 1 is 1.53 bits per heavy atom. The molecule has 1 aliphatic rings. The number of rotatable bonds is 3. The van der Waals surface area contributed by atoms with Gasteiger partial charge in [-0.05, 0) is 31.6 Å². The van der Waals surface area contributed by atoms with E-state index in [0.717, 1.165) is 25.7 Å². The lowest BCUT2D eigenvalue weighted by Crippen LogP contribution is -2.35. The van der Waals surface area contributed by atoms with Gasteiger partial charge in [0.25, 0.3) is 0 Å². The van der Waals surface area contributed by atoms with Crippen LogP contribution < -0.4 is 5.73 Å². The molecule has 2 rings (SSSR count). The van der Waals surface area contributed by atoms with Crippen LogP contribution in [0.5, 0.6) is 0 Å². The zero-order valence-corrected chi connectivity index (χ0v) is 11.2. The molecule has 0 aliphatic heterocycles. The molecule has 104 valence electrons. The molecule has 0 saturated heterocycles. The number of nitrogen functional groups attached to an aromatic ring is 1. The maximum absolute atomic E-state index is 10.9. The van der Waals surface area contributed by atoms with Gasteiger partial charge in [-0.1, -0.05) is 6.92 Å². The number of hydrogen-bond donors (Lipinski definition) is 2. The summed E-state index contributed by atoms with van der Waals surface area (Å²) in [6.45, 7) is 2.21. The molecule has 0 amide bonds. The van der Waals surface area contributed by atoms with Gasteiger partial charge < -0.3 is 15.6 Å². The van der Waals surface area contributed by atoms with Gasteiger partial charge in [-0.2, -0.15) is 0 Å². The molecule has 1 aromatic heterocycles. The smallest absolute Gasteiger partial charge is 0.341 e. The Morgan fingerprint density at radius 3 is 2.63 bits per heavy atom. The normalized spacial score (nSPS) is 27.2. The zero-order valence-electron chi connectivity index (χ0n) is 11.2. The first kappa shape index (κ1) is 13.7. The summed E-state index contributed by atoms with van der Waals surface area (Å²) in [6, 6.07) is 0. The third-order valence-electron chi connectivity index (χ3n) is 3.93. The van der Waals surface area contributed by atoms with Crippen LogP contribution in [0.1, 0.15) is 48.8 Å². The highest BCUT2D eigenvalue weighted by Crippen LogP contribution is 2.40. The SMILES string of the molecule is COC1(c2ncc(C(=O)O)c(N)n2)CCC(C)CC1. The van der Waals surface area contributed by atoms with Crippen LogP contribution in [-0.4, -0.2) is 28.2 Å². The lowest BCUT2D eigenvalue weighted by atomic mass is 9.79. The van der Waals surface area contributed by atoms with Gasteiger partial charge in [-0.15, -0.1) is 0 Å². The minimum atomic E-state index is -1.12. The van der Waals surface area contributed by atoms with Crippen LogP contribution in [0.2, 0.25) is 0 Å². The Morgan fingerprint density at radius 2 is 2.16 bits per heavy atom. The molecule has 0 bridgehead atoms. The van der Waals surface area contributed by atoms with Gasteiger partial charge in [-0.3, -0.25) is 0 Å². The zero-order chi connectivity index (χ0) is 14.0. The standard InChI is InChI=1S/C13H19N3O3/c1-8-3-5-13(19-2,6-4-8)12-15-7-9(11(17)18)10(14)16-12/h7-8H,3-6H2,1-2H3,(H,17,18)(H2,14,15,16). The highest BCUT2D eigenvalue weighted by atomic mass is 16.5. The van der Waals surface area contributed by atoms with Crippen LogP contribution in [0.3, 0.4) is 0 Å². The van der Waals surface area contributed by atoms with Gasteiger partial charge in [0.15, 0.2) is 5.82 Å². The minimum Gasteiger partial charge on any atom is -0.477 e. The van der Waals surface area contributed by atoms with Crippen molar-refractivity contribution in [1.29, 1.82) is 0 Å². The van der Waals surface area contributed by atoms with Gasteiger partial charge in [0.1, 0.15) is 17.0 Å². The fourth-order valence-corrected chi connectivity index (χ4v) is 2.53. The molecule has 1 heterocycles.